The summed E-state index contributed by atoms with van der Waals surface area (Å²) in [5, 5.41) is 12.8. The molecule has 17 heavy (non-hydrogen) atoms. The Balaban J connectivity index is 1.78. The standard InChI is InChI=1S/C14H25N3/c1-17-9-5-4-7-13(17)11-16-14-8-3-2-6-12(14)10-15/h12-14,16H,2-9,11H2,1H3. The number of rotatable bonds is 3. The molecule has 0 aromatic carbocycles. The summed E-state index contributed by atoms with van der Waals surface area (Å²) in [5.74, 6) is 0.248. The fraction of sp³-hybridized carbons (Fsp3) is 0.929. The van der Waals surface area contributed by atoms with Crippen LogP contribution in [0.25, 0.3) is 0 Å². The average molecular weight is 235 g/mol. The van der Waals surface area contributed by atoms with Crippen LogP contribution in [0, 0.1) is 17.2 Å². The molecule has 3 unspecified atom stereocenters. The summed E-state index contributed by atoms with van der Waals surface area (Å²) in [6, 6.07) is 3.61. The van der Waals surface area contributed by atoms with Crippen molar-refractivity contribution in [3.05, 3.63) is 0 Å². The molecule has 1 N–H and O–H groups in total. The van der Waals surface area contributed by atoms with Gasteiger partial charge in [-0.25, -0.2) is 0 Å². The van der Waals surface area contributed by atoms with Crippen LogP contribution < -0.4 is 5.32 Å². The van der Waals surface area contributed by atoms with Crippen molar-refractivity contribution < 1.29 is 0 Å². The van der Waals surface area contributed by atoms with Gasteiger partial charge < -0.3 is 10.2 Å². The number of nitrogens with zero attached hydrogens (tertiary/aromatic N) is 2. The Labute approximate surface area is 105 Å². The number of piperidine rings is 1. The second-order valence-corrected chi connectivity index (χ2v) is 5.67. The maximum atomic E-state index is 9.15. The third-order valence-electron chi connectivity index (χ3n) is 4.47. The summed E-state index contributed by atoms with van der Waals surface area (Å²) in [5.41, 5.74) is 0. The number of likely N-dealkylation sites (N-methyl/N-ethyl adjacent to an activating group) is 1. The van der Waals surface area contributed by atoms with Crippen LogP contribution >= 0.6 is 0 Å². The molecule has 1 aliphatic carbocycles. The third-order valence-corrected chi connectivity index (χ3v) is 4.47. The van der Waals surface area contributed by atoms with E-state index < -0.39 is 0 Å². The van der Waals surface area contributed by atoms with Crippen LogP contribution in [0.5, 0.6) is 0 Å². The number of hydrogen-bond acceptors (Lipinski definition) is 3. The highest BCUT2D eigenvalue weighted by atomic mass is 15.2. The van der Waals surface area contributed by atoms with Crippen molar-refractivity contribution in [3.63, 3.8) is 0 Å². The number of nitriles is 1. The van der Waals surface area contributed by atoms with E-state index in [0.717, 1.165) is 13.0 Å². The maximum absolute atomic E-state index is 9.15. The molecule has 0 amide bonds. The largest absolute Gasteiger partial charge is 0.311 e. The van der Waals surface area contributed by atoms with Gasteiger partial charge in [-0.05, 0) is 39.3 Å². The summed E-state index contributed by atoms with van der Waals surface area (Å²) in [6.45, 7) is 2.30. The van der Waals surface area contributed by atoms with E-state index >= 15 is 0 Å². The minimum Gasteiger partial charge on any atom is -0.311 e. The van der Waals surface area contributed by atoms with Crippen molar-refractivity contribution in [3.8, 4) is 6.07 Å². The van der Waals surface area contributed by atoms with Crippen LogP contribution in [-0.4, -0.2) is 37.1 Å². The topological polar surface area (TPSA) is 39.1 Å². The molecule has 1 saturated heterocycles. The van der Waals surface area contributed by atoms with Gasteiger partial charge in [0.05, 0.1) is 12.0 Å². The first-order valence-electron chi connectivity index (χ1n) is 7.14. The Kier molecular flexibility index (Phi) is 4.82. The Morgan fingerprint density at radius 1 is 1.18 bits per heavy atom. The zero-order valence-corrected chi connectivity index (χ0v) is 11.0. The molecule has 1 heterocycles. The van der Waals surface area contributed by atoms with Crippen LogP contribution in [-0.2, 0) is 0 Å². The van der Waals surface area contributed by atoms with E-state index in [1.807, 2.05) is 0 Å². The Morgan fingerprint density at radius 3 is 2.71 bits per heavy atom. The van der Waals surface area contributed by atoms with Gasteiger partial charge in [0.25, 0.3) is 0 Å². The number of nitrogens with one attached hydrogen (secondary N) is 1. The van der Waals surface area contributed by atoms with E-state index in [-0.39, 0.29) is 5.92 Å². The first kappa shape index (κ1) is 12.9. The van der Waals surface area contributed by atoms with Gasteiger partial charge in [-0.3, -0.25) is 0 Å². The lowest BCUT2D eigenvalue weighted by molar-refractivity contribution is 0.170. The maximum Gasteiger partial charge on any atom is 0.0672 e. The molecule has 0 bridgehead atoms. The molecular formula is C14H25N3. The summed E-state index contributed by atoms with van der Waals surface area (Å²) in [7, 11) is 2.23. The smallest absolute Gasteiger partial charge is 0.0672 e. The second-order valence-electron chi connectivity index (χ2n) is 5.67. The molecule has 2 rings (SSSR count). The molecule has 0 radical (unpaired) electrons. The van der Waals surface area contributed by atoms with Gasteiger partial charge in [-0.1, -0.05) is 19.3 Å². The summed E-state index contributed by atoms with van der Waals surface area (Å²) < 4.78 is 0. The molecule has 3 nitrogen and oxygen atoms in total. The van der Waals surface area contributed by atoms with Crippen molar-refractivity contribution in [2.45, 2.75) is 57.0 Å². The fourth-order valence-electron chi connectivity index (χ4n) is 3.22. The van der Waals surface area contributed by atoms with Crippen molar-refractivity contribution in [2.24, 2.45) is 5.92 Å². The van der Waals surface area contributed by atoms with Gasteiger partial charge >= 0.3 is 0 Å². The molecule has 0 spiro atoms. The van der Waals surface area contributed by atoms with E-state index in [0.29, 0.717) is 12.1 Å². The molecule has 3 atom stereocenters. The van der Waals surface area contributed by atoms with Gasteiger partial charge in [0.15, 0.2) is 0 Å². The number of hydrogen-bond donors (Lipinski definition) is 1. The Bertz CT molecular complexity index is 271. The average Bonchev–Trinajstić information content (AvgIpc) is 2.38. The van der Waals surface area contributed by atoms with Crippen LogP contribution in [0.1, 0.15) is 44.9 Å². The molecular weight excluding hydrogens is 210 g/mol. The van der Waals surface area contributed by atoms with Crippen LogP contribution in [0.15, 0.2) is 0 Å². The molecule has 0 aromatic rings. The molecule has 2 aliphatic rings. The van der Waals surface area contributed by atoms with Gasteiger partial charge in [0, 0.05) is 18.6 Å². The summed E-state index contributed by atoms with van der Waals surface area (Å²) in [6.07, 6.45) is 8.83. The van der Waals surface area contributed by atoms with Crippen LogP contribution in [0.2, 0.25) is 0 Å². The highest BCUT2D eigenvalue weighted by Gasteiger charge is 2.26. The van der Waals surface area contributed by atoms with Crippen molar-refractivity contribution in [1.29, 1.82) is 5.26 Å². The monoisotopic (exact) mass is 235 g/mol. The van der Waals surface area contributed by atoms with E-state index in [2.05, 4.69) is 23.3 Å². The highest BCUT2D eigenvalue weighted by Crippen LogP contribution is 2.24. The quantitative estimate of drug-likeness (QED) is 0.814. The second kappa shape index (κ2) is 6.37. The lowest BCUT2D eigenvalue weighted by Gasteiger charge is -2.35. The van der Waals surface area contributed by atoms with Crippen molar-refractivity contribution in [2.75, 3.05) is 20.1 Å². The minimum atomic E-state index is 0.248. The highest BCUT2D eigenvalue weighted by molar-refractivity contribution is 4.95. The SMILES string of the molecule is CN1CCCCC1CNC1CCCCC1C#N. The summed E-state index contributed by atoms with van der Waals surface area (Å²) in [4.78, 5) is 2.47. The van der Waals surface area contributed by atoms with Crippen molar-refractivity contribution >= 4 is 0 Å². The van der Waals surface area contributed by atoms with Gasteiger partial charge in [0.1, 0.15) is 0 Å². The van der Waals surface area contributed by atoms with E-state index in [1.165, 1.54) is 45.1 Å². The predicted octanol–water partition coefficient (Wildman–Crippen LogP) is 2.14. The molecule has 1 saturated carbocycles. The first-order valence-corrected chi connectivity index (χ1v) is 7.14. The van der Waals surface area contributed by atoms with E-state index in [9.17, 15) is 0 Å². The third kappa shape index (κ3) is 3.43. The summed E-state index contributed by atoms with van der Waals surface area (Å²) >= 11 is 0. The van der Waals surface area contributed by atoms with Gasteiger partial charge in [-0.15, -0.1) is 0 Å². The van der Waals surface area contributed by atoms with Crippen molar-refractivity contribution in [1.82, 2.24) is 10.2 Å². The minimum absolute atomic E-state index is 0.248. The Morgan fingerprint density at radius 2 is 1.94 bits per heavy atom. The molecule has 2 fully saturated rings. The molecule has 0 aromatic heterocycles. The predicted molar refractivity (Wildman–Crippen MR) is 69.6 cm³/mol. The molecule has 96 valence electrons. The zero-order valence-electron chi connectivity index (χ0n) is 11.0. The normalized spacial score (nSPS) is 35.4. The lowest BCUT2D eigenvalue weighted by atomic mass is 9.85. The van der Waals surface area contributed by atoms with Gasteiger partial charge in [-0.2, -0.15) is 5.26 Å². The van der Waals surface area contributed by atoms with Gasteiger partial charge in [0.2, 0.25) is 0 Å². The first-order chi connectivity index (χ1) is 8.31. The lowest BCUT2D eigenvalue weighted by Crippen LogP contribution is -2.48. The fourth-order valence-corrected chi connectivity index (χ4v) is 3.22. The zero-order chi connectivity index (χ0) is 12.1. The van der Waals surface area contributed by atoms with E-state index in [1.54, 1.807) is 0 Å². The Hall–Kier alpha value is -0.590. The van der Waals surface area contributed by atoms with Crippen LogP contribution in [0.4, 0.5) is 0 Å². The van der Waals surface area contributed by atoms with Crippen LogP contribution in [0.3, 0.4) is 0 Å². The number of likely N-dealkylation sites (tertiary alicyclic amines) is 1. The van der Waals surface area contributed by atoms with E-state index in [4.69, 9.17) is 5.26 Å². The molecule has 1 aliphatic heterocycles. The molecule has 3 heteroatoms.